The van der Waals surface area contributed by atoms with Crippen LogP contribution in [0, 0.1) is 5.92 Å². The highest BCUT2D eigenvalue weighted by Crippen LogP contribution is 2.19. The van der Waals surface area contributed by atoms with Gasteiger partial charge in [0.15, 0.2) is 5.78 Å². The molecule has 0 spiro atoms. The normalized spacial score (nSPS) is 10.7. The summed E-state index contributed by atoms with van der Waals surface area (Å²) in [6.07, 6.45) is 2.04. The summed E-state index contributed by atoms with van der Waals surface area (Å²) in [5, 5.41) is 4.15. The van der Waals surface area contributed by atoms with Crippen LogP contribution in [-0.2, 0) is 4.79 Å². The number of pyridine rings is 1. The lowest BCUT2D eigenvalue weighted by Gasteiger charge is -2.08. The maximum atomic E-state index is 12.2. The third-order valence-corrected chi connectivity index (χ3v) is 4.30. The monoisotopic (exact) mass is 362 g/mol. The number of hydrogen-bond donors (Lipinski definition) is 1. The molecule has 126 valence electrons. The summed E-state index contributed by atoms with van der Waals surface area (Å²) in [7, 11) is 0. The van der Waals surface area contributed by atoms with Crippen molar-refractivity contribution in [2.45, 2.75) is 25.3 Å². The molecule has 0 atom stereocenters. The van der Waals surface area contributed by atoms with E-state index in [0.717, 1.165) is 5.03 Å². The van der Waals surface area contributed by atoms with Gasteiger partial charge in [-0.15, -0.1) is 0 Å². The van der Waals surface area contributed by atoms with Gasteiger partial charge in [0.1, 0.15) is 0 Å². The van der Waals surface area contributed by atoms with Crippen molar-refractivity contribution in [3.8, 4) is 0 Å². The van der Waals surface area contributed by atoms with Gasteiger partial charge in [0, 0.05) is 23.9 Å². The first-order valence-electron chi connectivity index (χ1n) is 7.61. The van der Waals surface area contributed by atoms with E-state index < -0.39 is 0 Å². The summed E-state index contributed by atoms with van der Waals surface area (Å²) in [6.45, 7) is 3.99. The zero-order chi connectivity index (χ0) is 17.5. The van der Waals surface area contributed by atoms with Gasteiger partial charge in [-0.1, -0.05) is 37.2 Å². The number of aromatic nitrogens is 1. The number of nitrogens with zero attached hydrogens (tertiary/aromatic N) is 1. The van der Waals surface area contributed by atoms with Crippen molar-refractivity contribution < 1.29 is 9.59 Å². The molecule has 0 radical (unpaired) electrons. The molecule has 0 fully saturated rings. The molecule has 0 saturated heterocycles. The Morgan fingerprint density at radius 1 is 1.17 bits per heavy atom. The number of carbonyl (C=O) groups is 2. The Labute approximate surface area is 151 Å². The Kier molecular flexibility index (Phi) is 6.82. The summed E-state index contributed by atoms with van der Waals surface area (Å²) in [6, 6.07) is 10.5. The molecule has 0 bridgehead atoms. The van der Waals surface area contributed by atoms with Gasteiger partial charge >= 0.3 is 0 Å². The predicted molar refractivity (Wildman–Crippen MR) is 98.8 cm³/mol. The minimum Gasteiger partial charge on any atom is -0.326 e. The number of anilines is 1. The SMILES string of the molecule is CC(C)CC(=O)Nc1ccc(C(=O)CSc2ccc(Cl)cn2)cc1. The lowest BCUT2D eigenvalue weighted by atomic mass is 10.1. The summed E-state index contributed by atoms with van der Waals surface area (Å²) in [5.41, 5.74) is 1.31. The molecule has 4 nitrogen and oxygen atoms in total. The largest absolute Gasteiger partial charge is 0.326 e. The van der Waals surface area contributed by atoms with Gasteiger partial charge in [-0.05, 0) is 42.3 Å². The van der Waals surface area contributed by atoms with E-state index in [1.54, 1.807) is 42.6 Å². The van der Waals surface area contributed by atoms with Crippen LogP contribution in [0.3, 0.4) is 0 Å². The van der Waals surface area contributed by atoms with E-state index in [2.05, 4.69) is 10.3 Å². The molecule has 0 aliphatic carbocycles. The number of halogens is 1. The molecule has 1 heterocycles. The highest BCUT2D eigenvalue weighted by molar-refractivity contribution is 7.99. The van der Waals surface area contributed by atoms with E-state index in [0.29, 0.717) is 34.4 Å². The second-order valence-corrected chi connectivity index (χ2v) is 7.18. The number of thioether (sulfide) groups is 1. The molecular formula is C18H19ClN2O2S. The first-order valence-corrected chi connectivity index (χ1v) is 8.98. The minimum atomic E-state index is -0.0200. The second-order valence-electron chi connectivity index (χ2n) is 5.75. The fraction of sp³-hybridized carbons (Fsp3) is 0.278. The predicted octanol–water partition coefficient (Wildman–Crippen LogP) is 4.69. The molecule has 1 aromatic heterocycles. The zero-order valence-corrected chi connectivity index (χ0v) is 15.2. The Morgan fingerprint density at radius 3 is 2.46 bits per heavy atom. The standard InChI is InChI=1S/C18H19ClN2O2S/c1-12(2)9-17(23)21-15-6-3-13(4-7-15)16(22)11-24-18-8-5-14(19)10-20-18/h3-8,10,12H,9,11H2,1-2H3,(H,21,23). The van der Waals surface area contributed by atoms with Gasteiger partial charge in [-0.2, -0.15) is 0 Å². The zero-order valence-electron chi connectivity index (χ0n) is 13.6. The Hall–Kier alpha value is -1.85. The first-order chi connectivity index (χ1) is 11.4. The highest BCUT2D eigenvalue weighted by Gasteiger charge is 2.09. The van der Waals surface area contributed by atoms with Crippen molar-refractivity contribution in [3.05, 3.63) is 53.2 Å². The maximum absolute atomic E-state index is 12.2. The van der Waals surface area contributed by atoms with Crippen LogP contribution in [0.15, 0.2) is 47.6 Å². The Morgan fingerprint density at radius 2 is 1.88 bits per heavy atom. The lowest BCUT2D eigenvalue weighted by Crippen LogP contribution is -2.14. The van der Waals surface area contributed by atoms with Crippen molar-refractivity contribution in [2.24, 2.45) is 5.92 Å². The highest BCUT2D eigenvalue weighted by atomic mass is 35.5. The first kappa shape index (κ1) is 18.5. The minimum absolute atomic E-state index is 0.0109. The average molecular weight is 363 g/mol. The molecular weight excluding hydrogens is 344 g/mol. The van der Waals surface area contributed by atoms with E-state index in [-0.39, 0.29) is 11.7 Å². The lowest BCUT2D eigenvalue weighted by molar-refractivity contribution is -0.116. The molecule has 6 heteroatoms. The number of hydrogen-bond acceptors (Lipinski definition) is 4. The third kappa shape index (κ3) is 5.98. The van der Waals surface area contributed by atoms with Crippen LogP contribution >= 0.6 is 23.4 Å². The molecule has 0 aliphatic heterocycles. The molecule has 2 rings (SSSR count). The van der Waals surface area contributed by atoms with Gasteiger partial charge in [-0.25, -0.2) is 4.98 Å². The number of Topliss-reactive ketones (excluding diaryl/α,β-unsaturated/α-hetero) is 1. The number of amides is 1. The molecule has 1 amide bonds. The summed E-state index contributed by atoms with van der Waals surface area (Å²) < 4.78 is 0. The van der Waals surface area contributed by atoms with Crippen molar-refractivity contribution in [1.82, 2.24) is 4.98 Å². The van der Waals surface area contributed by atoms with Gasteiger partial charge in [0.2, 0.25) is 5.91 Å². The summed E-state index contributed by atoms with van der Waals surface area (Å²) in [4.78, 5) is 28.1. The average Bonchev–Trinajstić information content (AvgIpc) is 2.54. The second kappa shape index (κ2) is 8.85. The van der Waals surface area contributed by atoms with E-state index in [9.17, 15) is 9.59 Å². The molecule has 1 aromatic carbocycles. The van der Waals surface area contributed by atoms with Gasteiger partial charge in [0.05, 0.1) is 15.8 Å². The molecule has 0 aliphatic rings. The number of ketones is 1. The van der Waals surface area contributed by atoms with E-state index >= 15 is 0 Å². The quantitative estimate of drug-likeness (QED) is 0.573. The van der Waals surface area contributed by atoms with E-state index in [1.807, 2.05) is 13.8 Å². The van der Waals surface area contributed by atoms with Crippen molar-refractivity contribution in [3.63, 3.8) is 0 Å². The topological polar surface area (TPSA) is 59.1 Å². The van der Waals surface area contributed by atoms with Gasteiger partial charge in [-0.3, -0.25) is 9.59 Å². The fourth-order valence-corrected chi connectivity index (χ4v) is 2.84. The van der Waals surface area contributed by atoms with Gasteiger partial charge < -0.3 is 5.32 Å². The van der Waals surface area contributed by atoms with Crippen LogP contribution in [-0.4, -0.2) is 22.4 Å². The molecule has 2 aromatic rings. The van der Waals surface area contributed by atoms with E-state index in [1.165, 1.54) is 11.8 Å². The molecule has 0 unspecified atom stereocenters. The van der Waals surface area contributed by atoms with Crippen LogP contribution in [0.1, 0.15) is 30.6 Å². The van der Waals surface area contributed by atoms with Crippen LogP contribution in [0.4, 0.5) is 5.69 Å². The summed E-state index contributed by atoms with van der Waals surface area (Å²) >= 11 is 7.14. The smallest absolute Gasteiger partial charge is 0.224 e. The molecule has 24 heavy (non-hydrogen) atoms. The van der Waals surface area contributed by atoms with Gasteiger partial charge in [0.25, 0.3) is 0 Å². The fourth-order valence-electron chi connectivity index (χ4n) is 1.99. The van der Waals surface area contributed by atoms with Crippen molar-refractivity contribution in [2.75, 3.05) is 11.1 Å². The van der Waals surface area contributed by atoms with Crippen LogP contribution in [0.2, 0.25) is 5.02 Å². The molecule has 0 saturated carbocycles. The number of benzene rings is 1. The number of carbonyl (C=O) groups excluding carboxylic acids is 2. The summed E-state index contributed by atoms with van der Waals surface area (Å²) in [5.74, 6) is 0.600. The van der Waals surface area contributed by atoms with Crippen molar-refractivity contribution in [1.29, 1.82) is 0 Å². The van der Waals surface area contributed by atoms with Crippen molar-refractivity contribution >= 4 is 40.7 Å². The number of nitrogens with one attached hydrogen (secondary N) is 1. The van der Waals surface area contributed by atoms with Crippen LogP contribution < -0.4 is 5.32 Å². The maximum Gasteiger partial charge on any atom is 0.224 e. The Balaban J connectivity index is 1.88. The van der Waals surface area contributed by atoms with Crippen LogP contribution in [0.25, 0.3) is 0 Å². The number of rotatable bonds is 7. The van der Waals surface area contributed by atoms with E-state index in [4.69, 9.17) is 11.6 Å². The Bertz CT molecular complexity index is 700. The van der Waals surface area contributed by atoms with Crippen LogP contribution in [0.5, 0.6) is 0 Å². The molecule has 1 N–H and O–H groups in total. The third-order valence-electron chi connectivity index (χ3n) is 3.14.